The Morgan fingerprint density at radius 2 is 0.902 bits per heavy atom. The van der Waals surface area contributed by atoms with Gasteiger partial charge in [-0.1, -0.05) is 114 Å². The van der Waals surface area contributed by atoms with Crippen molar-refractivity contribution in [3.8, 4) is 0 Å². The van der Waals surface area contributed by atoms with Crippen LogP contribution in [-0.2, 0) is 4.74 Å². The summed E-state index contributed by atoms with van der Waals surface area (Å²) in [6.45, 7) is 6.73. The zero-order valence-electron chi connectivity index (χ0n) is 27.8. The van der Waals surface area contributed by atoms with Crippen LogP contribution in [0.5, 0.6) is 0 Å². The molecule has 0 radical (unpaired) electrons. The monoisotopic (exact) mass is 567 g/mol. The van der Waals surface area contributed by atoms with Crippen LogP contribution in [0.2, 0.25) is 0 Å². The molecule has 0 aromatic heterocycles. The molecule has 1 heteroatoms. The zero-order valence-corrected chi connectivity index (χ0v) is 27.8. The highest BCUT2D eigenvalue weighted by Crippen LogP contribution is 2.39. The lowest BCUT2D eigenvalue weighted by atomic mass is 9.74. The average Bonchev–Trinajstić information content (AvgIpc) is 3.02. The summed E-state index contributed by atoms with van der Waals surface area (Å²) in [5.41, 5.74) is 3.55. The molecule has 4 aliphatic rings. The van der Waals surface area contributed by atoms with E-state index in [1.165, 1.54) is 167 Å². The van der Waals surface area contributed by atoms with Gasteiger partial charge in [-0.05, 0) is 125 Å². The molecule has 4 aliphatic carbocycles. The van der Waals surface area contributed by atoms with Crippen molar-refractivity contribution < 1.29 is 4.74 Å². The topological polar surface area (TPSA) is 9.23 Å². The number of unbranched alkanes of at least 4 members (excludes halogenated alkanes) is 4. The van der Waals surface area contributed by atoms with Crippen LogP contribution < -0.4 is 0 Å². The second kappa shape index (κ2) is 19.7. The molecule has 41 heavy (non-hydrogen) atoms. The molecule has 2 saturated carbocycles. The maximum Gasteiger partial charge on any atom is 0.0466 e. The molecule has 0 heterocycles. The fraction of sp³-hybridized carbons (Fsp3) is 0.900. The standard InChI is InChI=1S/C40H70O/c1-3-33-13-21-37(22-14-33)31-39-25-17-35(18-26-39)11-7-5-9-29-41-30-10-6-8-12-36-19-27-40(28-20-36)32-38-23-15-34(4-2)16-24-38/h17,19,33-34,37-40H,3-16,18,20-32H2,1-2H3. The van der Waals surface area contributed by atoms with Gasteiger partial charge in [-0.25, -0.2) is 0 Å². The lowest BCUT2D eigenvalue weighted by Gasteiger charge is -2.31. The Morgan fingerprint density at radius 3 is 1.27 bits per heavy atom. The summed E-state index contributed by atoms with van der Waals surface area (Å²) in [4.78, 5) is 0. The van der Waals surface area contributed by atoms with E-state index in [0.717, 1.165) is 48.7 Å². The Kier molecular flexibility index (Phi) is 16.0. The molecular formula is C40H70O. The van der Waals surface area contributed by atoms with Gasteiger partial charge in [0.05, 0.1) is 0 Å². The summed E-state index contributed by atoms with van der Waals surface area (Å²) >= 11 is 0. The Balaban J connectivity index is 0.910. The summed E-state index contributed by atoms with van der Waals surface area (Å²) in [5, 5.41) is 0. The first-order valence-electron chi connectivity index (χ1n) is 19.1. The fourth-order valence-corrected chi connectivity index (χ4v) is 9.03. The van der Waals surface area contributed by atoms with E-state index in [0.29, 0.717) is 0 Å². The van der Waals surface area contributed by atoms with Crippen LogP contribution in [0.3, 0.4) is 0 Å². The third-order valence-corrected chi connectivity index (χ3v) is 12.2. The smallest absolute Gasteiger partial charge is 0.0466 e. The van der Waals surface area contributed by atoms with Crippen molar-refractivity contribution in [2.75, 3.05) is 13.2 Å². The Labute approximate surface area is 257 Å². The van der Waals surface area contributed by atoms with Crippen LogP contribution in [0.25, 0.3) is 0 Å². The number of ether oxygens (including phenoxy) is 1. The van der Waals surface area contributed by atoms with Gasteiger partial charge in [0.25, 0.3) is 0 Å². The molecule has 236 valence electrons. The van der Waals surface area contributed by atoms with E-state index in [2.05, 4.69) is 26.0 Å². The molecule has 0 spiro atoms. The van der Waals surface area contributed by atoms with Gasteiger partial charge in [0.2, 0.25) is 0 Å². The van der Waals surface area contributed by atoms with Gasteiger partial charge in [0.15, 0.2) is 0 Å². The van der Waals surface area contributed by atoms with Crippen LogP contribution in [0, 0.1) is 35.5 Å². The second-order valence-corrected chi connectivity index (χ2v) is 15.3. The zero-order chi connectivity index (χ0) is 28.5. The predicted molar refractivity (Wildman–Crippen MR) is 179 cm³/mol. The first-order chi connectivity index (χ1) is 20.2. The van der Waals surface area contributed by atoms with Gasteiger partial charge in [-0.2, -0.15) is 0 Å². The van der Waals surface area contributed by atoms with E-state index in [1.807, 2.05) is 0 Å². The largest absolute Gasteiger partial charge is 0.381 e. The maximum atomic E-state index is 5.99. The van der Waals surface area contributed by atoms with Gasteiger partial charge in [0.1, 0.15) is 0 Å². The quantitative estimate of drug-likeness (QED) is 0.118. The number of rotatable bonds is 18. The first-order valence-corrected chi connectivity index (χ1v) is 19.1. The highest BCUT2D eigenvalue weighted by atomic mass is 16.5. The van der Waals surface area contributed by atoms with Crippen molar-refractivity contribution in [1.29, 1.82) is 0 Å². The van der Waals surface area contributed by atoms with Crippen LogP contribution in [0.4, 0.5) is 0 Å². The fourth-order valence-electron chi connectivity index (χ4n) is 9.03. The molecule has 0 saturated heterocycles. The van der Waals surface area contributed by atoms with E-state index >= 15 is 0 Å². The van der Waals surface area contributed by atoms with Crippen LogP contribution >= 0.6 is 0 Å². The van der Waals surface area contributed by atoms with Gasteiger partial charge in [-0.15, -0.1) is 0 Å². The lowest BCUT2D eigenvalue weighted by molar-refractivity contribution is 0.126. The SMILES string of the molecule is CCC1CCC(CC2CC=C(CCCCCOCCCCCC3=CCC(CC4CCC(CC)CC4)CC3)CC2)CC1. The van der Waals surface area contributed by atoms with Crippen LogP contribution in [0.1, 0.15) is 181 Å². The first kappa shape index (κ1) is 33.3. The van der Waals surface area contributed by atoms with Gasteiger partial charge < -0.3 is 4.74 Å². The van der Waals surface area contributed by atoms with Crippen LogP contribution in [-0.4, -0.2) is 13.2 Å². The minimum atomic E-state index is 0.980. The van der Waals surface area contributed by atoms with E-state index in [1.54, 1.807) is 11.1 Å². The van der Waals surface area contributed by atoms with Crippen LogP contribution in [0.15, 0.2) is 23.3 Å². The summed E-state index contributed by atoms with van der Waals surface area (Å²) in [6, 6.07) is 0. The molecule has 0 N–H and O–H groups in total. The van der Waals surface area contributed by atoms with Crippen molar-refractivity contribution >= 4 is 0 Å². The van der Waals surface area contributed by atoms with Crippen molar-refractivity contribution in [3.05, 3.63) is 23.3 Å². The lowest BCUT2D eigenvalue weighted by Crippen LogP contribution is -2.18. The van der Waals surface area contributed by atoms with Crippen molar-refractivity contribution in [3.63, 3.8) is 0 Å². The number of hydrogen-bond acceptors (Lipinski definition) is 1. The molecule has 2 unspecified atom stereocenters. The van der Waals surface area contributed by atoms with E-state index in [-0.39, 0.29) is 0 Å². The predicted octanol–water partition coefficient (Wildman–Crippen LogP) is 12.8. The minimum absolute atomic E-state index is 0.980. The molecule has 2 atom stereocenters. The molecular weight excluding hydrogens is 496 g/mol. The third kappa shape index (κ3) is 12.9. The Hall–Kier alpha value is -0.560. The second-order valence-electron chi connectivity index (χ2n) is 15.3. The normalized spacial score (nSPS) is 31.1. The number of hydrogen-bond donors (Lipinski definition) is 0. The number of allylic oxidation sites excluding steroid dienone is 4. The highest BCUT2D eigenvalue weighted by molar-refractivity contribution is 5.07. The Bertz CT molecular complexity index is 670. The summed E-state index contributed by atoms with van der Waals surface area (Å²) in [7, 11) is 0. The highest BCUT2D eigenvalue weighted by Gasteiger charge is 2.25. The Morgan fingerprint density at radius 1 is 0.488 bits per heavy atom. The summed E-state index contributed by atoms with van der Waals surface area (Å²) in [5.74, 6) is 6.16. The molecule has 0 aromatic carbocycles. The minimum Gasteiger partial charge on any atom is -0.381 e. The molecule has 1 nitrogen and oxygen atoms in total. The average molecular weight is 567 g/mol. The maximum absolute atomic E-state index is 5.99. The molecule has 0 aliphatic heterocycles. The van der Waals surface area contributed by atoms with Crippen molar-refractivity contribution in [2.24, 2.45) is 35.5 Å². The van der Waals surface area contributed by atoms with E-state index in [4.69, 9.17) is 4.74 Å². The van der Waals surface area contributed by atoms with Crippen molar-refractivity contribution in [2.45, 2.75) is 181 Å². The van der Waals surface area contributed by atoms with Gasteiger partial charge in [-0.3, -0.25) is 0 Å². The summed E-state index contributed by atoms with van der Waals surface area (Å²) < 4.78 is 5.99. The molecule has 2 fully saturated rings. The molecule has 4 rings (SSSR count). The van der Waals surface area contributed by atoms with Crippen molar-refractivity contribution in [1.82, 2.24) is 0 Å². The molecule has 0 bridgehead atoms. The summed E-state index contributed by atoms with van der Waals surface area (Å²) in [6.07, 6.45) is 42.4. The molecule has 0 amide bonds. The molecule has 0 aromatic rings. The van der Waals surface area contributed by atoms with Gasteiger partial charge >= 0.3 is 0 Å². The van der Waals surface area contributed by atoms with Gasteiger partial charge in [0, 0.05) is 13.2 Å². The van der Waals surface area contributed by atoms with E-state index < -0.39 is 0 Å². The third-order valence-electron chi connectivity index (χ3n) is 12.2. The van der Waals surface area contributed by atoms with E-state index in [9.17, 15) is 0 Å².